The van der Waals surface area contributed by atoms with Crippen molar-refractivity contribution in [2.75, 3.05) is 23.8 Å². The Labute approximate surface area is 161 Å². The van der Waals surface area contributed by atoms with Crippen molar-refractivity contribution in [3.8, 4) is 23.0 Å². The first-order valence-electron chi connectivity index (χ1n) is 9.27. The third-order valence-electron chi connectivity index (χ3n) is 5.04. The fourth-order valence-corrected chi connectivity index (χ4v) is 3.64. The zero-order valence-electron chi connectivity index (χ0n) is 14.9. The first kappa shape index (κ1) is 15.4. The summed E-state index contributed by atoms with van der Waals surface area (Å²) in [5, 5.41) is 6.76. The highest BCUT2D eigenvalue weighted by atomic mass is 16.5. The van der Waals surface area contributed by atoms with E-state index in [0.29, 0.717) is 12.5 Å². The van der Waals surface area contributed by atoms with Crippen LogP contribution in [0.3, 0.4) is 0 Å². The molecule has 2 aliphatic heterocycles. The van der Waals surface area contributed by atoms with Gasteiger partial charge in [-0.3, -0.25) is 0 Å². The van der Waals surface area contributed by atoms with Crippen molar-refractivity contribution in [3.05, 3.63) is 66.2 Å². The number of ether oxygens (including phenoxy) is 2. The van der Waals surface area contributed by atoms with Crippen molar-refractivity contribution in [2.24, 2.45) is 0 Å². The van der Waals surface area contributed by atoms with Gasteiger partial charge < -0.3 is 24.5 Å². The van der Waals surface area contributed by atoms with E-state index in [9.17, 15) is 0 Å². The molecular formula is C22H17N3O3. The monoisotopic (exact) mass is 371 g/mol. The summed E-state index contributed by atoms with van der Waals surface area (Å²) in [6.45, 7) is 1.50. The molecule has 6 nitrogen and oxygen atoms in total. The van der Waals surface area contributed by atoms with Crippen molar-refractivity contribution >= 4 is 22.5 Å². The number of benzene rings is 3. The second-order valence-electron chi connectivity index (χ2n) is 6.87. The van der Waals surface area contributed by atoms with Gasteiger partial charge >= 0.3 is 0 Å². The SMILES string of the molecule is c1ccc2oc(-c3ccc4c(c3)NC(c3ccc5c(c3)OCCN5)O4)nc2c1. The molecule has 0 saturated carbocycles. The summed E-state index contributed by atoms with van der Waals surface area (Å²) in [5.74, 6) is 2.27. The Hall–Kier alpha value is -3.67. The molecule has 0 saturated heterocycles. The van der Waals surface area contributed by atoms with E-state index in [1.54, 1.807) is 0 Å². The van der Waals surface area contributed by atoms with Crippen LogP contribution in [0.15, 0.2) is 65.1 Å². The predicted molar refractivity (Wildman–Crippen MR) is 107 cm³/mol. The van der Waals surface area contributed by atoms with Gasteiger partial charge in [0.2, 0.25) is 5.89 Å². The van der Waals surface area contributed by atoms with Gasteiger partial charge in [-0.1, -0.05) is 18.2 Å². The fourth-order valence-electron chi connectivity index (χ4n) is 3.64. The van der Waals surface area contributed by atoms with E-state index in [1.165, 1.54) is 0 Å². The van der Waals surface area contributed by atoms with Crippen LogP contribution in [0, 0.1) is 0 Å². The van der Waals surface area contributed by atoms with Crippen molar-refractivity contribution in [1.29, 1.82) is 0 Å². The molecule has 0 bridgehead atoms. The third kappa shape index (κ3) is 2.45. The van der Waals surface area contributed by atoms with Crippen molar-refractivity contribution in [3.63, 3.8) is 0 Å². The number of nitrogens with zero attached hydrogens (tertiary/aromatic N) is 1. The largest absolute Gasteiger partial charge is 0.490 e. The van der Waals surface area contributed by atoms with Crippen molar-refractivity contribution in [2.45, 2.75) is 6.23 Å². The van der Waals surface area contributed by atoms with E-state index in [2.05, 4.69) is 15.6 Å². The molecule has 6 heteroatoms. The zero-order valence-corrected chi connectivity index (χ0v) is 14.9. The fraction of sp³-hybridized carbons (Fsp3) is 0.136. The first-order chi connectivity index (χ1) is 13.8. The van der Waals surface area contributed by atoms with Gasteiger partial charge in [-0.05, 0) is 42.5 Å². The number of para-hydroxylation sites is 2. The molecule has 6 rings (SSSR count). The van der Waals surface area contributed by atoms with E-state index in [0.717, 1.165) is 51.6 Å². The maximum Gasteiger partial charge on any atom is 0.227 e. The molecule has 0 spiro atoms. The van der Waals surface area contributed by atoms with Crippen LogP contribution in [0.4, 0.5) is 11.4 Å². The lowest BCUT2D eigenvalue weighted by Crippen LogP contribution is -2.19. The molecule has 28 heavy (non-hydrogen) atoms. The number of rotatable bonds is 2. The molecule has 1 atom stereocenters. The van der Waals surface area contributed by atoms with Crippen LogP contribution in [-0.4, -0.2) is 18.1 Å². The molecule has 138 valence electrons. The number of hydrogen-bond acceptors (Lipinski definition) is 6. The van der Waals surface area contributed by atoms with Gasteiger partial charge in [0.1, 0.15) is 23.6 Å². The number of nitrogens with one attached hydrogen (secondary N) is 2. The molecule has 3 aromatic carbocycles. The van der Waals surface area contributed by atoms with Crippen LogP contribution < -0.4 is 20.1 Å². The van der Waals surface area contributed by atoms with Gasteiger partial charge in [0.05, 0.1) is 11.4 Å². The zero-order chi connectivity index (χ0) is 18.5. The normalized spacial score (nSPS) is 17.1. The minimum Gasteiger partial charge on any atom is -0.490 e. The Bertz CT molecular complexity index is 1170. The van der Waals surface area contributed by atoms with E-state index in [-0.39, 0.29) is 6.23 Å². The Balaban J connectivity index is 1.30. The lowest BCUT2D eigenvalue weighted by molar-refractivity contribution is 0.258. The predicted octanol–water partition coefficient (Wildman–Crippen LogP) is 4.80. The standard InChI is InChI=1S/C22H17N3O3/c1-2-4-18-16(3-1)24-21(27-18)13-6-8-19-17(11-13)25-22(28-19)14-5-7-15-20(12-14)26-10-9-23-15/h1-8,11-12,22-23,25H,9-10H2. The molecule has 2 aliphatic rings. The number of fused-ring (bicyclic) bond motifs is 3. The maximum atomic E-state index is 6.10. The number of anilines is 2. The van der Waals surface area contributed by atoms with E-state index >= 15 is 0 Å². The number of aromatic nitrogens is 1. The van der Waals surface area contributed by atoms with Gasteiger partial charge in [0, 0.05) is 17.7 Å². The number of hydrogen-bond donors (Lipinski definition) is 2. The Morgan fingerprint density at radius 1 is 0.929 bits per heavy atom. The summed E-state index contributed by atoms with van der Waals surface area (Å²) in [4.78, 5) is 4.58. The summed E-state index contributed by atoms with van der Waals surface area (Å²) in [6, 6.07) is 19.8. The topological polar surface area (TPSA) is 68.6 Å². The van der Waals surface area contributed by atoms with E-state index < -0.39 is 0 Å². The van der Waals surface area contributed by atoms with E-state index in [1.807, 2.05) is 60.7 Å². The molecule has 1 aromatic heterocycles. The Morgan fingerprint density at radius 3 is 2.86 bits per heavy atom. The quantitative estimate of drug-likeness (QED) is 0.527. The van der Waals surface area contributed by atoms with E-state index in [4.69, 9.17) is 13.9 Å². The lowest BCUT2D eigenvalue weighted by atomic mass is 10.1. The highest BCUT2D eigenvalue weighted by Gasteiger charge is 2.25. The molecule has 1 unspecified atom stereocenters. The Kier molecular flexibility index (Phi) is 3.25. The van der Waals surface area contributed by atoms with Gasteiger partial charge in [-0.25, -0.2) is 4.98 Å². The first-order valence-corrected chi connectivity index (χ1v) is 9.27. The minimum absolute atomic E-state index is 0.260. The molecule has 0 radical (unpaired) electrons. The summed E-state index contributed by atoms with van der Waals surface area (Å²) < 4.78 is 17.7. The molecular weight excluding hydrogens is 354 g/mol. The summed E-state index contributed by atoms with van der Waals surface area (Å²) in [7, 11) is 0. The van der Waals surface area contributed by atoms with Crippen molar-refractivity contribution in [1.82, 2.24) is 4.98 Å². The number of oxazole rings is 1. The molecule has 0 fully saturated rings. The lowest BCUT2D eigenvalue weighted by Gasteiger charge is -2.21. The summed E-state index contributed by atoms with van der Waals surface area (Å²) in [6.07, 6.45) is -0.260. The van der Waals surface area contributed by atoms with Gasteiger partial charge in [-0.15, -0.1) is 0 Å². The van der Waals surface area contributed by atoms with Crippen LogP contribution in [0.5, 0.6) is 11.5 Å². The summed E-state index contributed by atoms with van der Waals surface area (Å²) in [5.41, 5.74) is 5.49. The average Bonchev–Trinajstić information content (AvgIpc) is 3.37. The molecule has 0 amide bonds. The van der Waals surface area contributed by atoms with Crippen LogP contribution in [0.25, 0.3) is 22.6 Å². The highest BCUT2D eigenvalue weighted by Crippen LogP contribution is 2.42. The third-order valence-corrected chi connectivity index (χ3v) is 5.04. The van der Waals surface area contributed by atoms with Gasteiger partial charge in [0.25, 0.3) is 0 Å². The average molecular weight is 371 g/mol. The second-order valence-corrected chi connectivity index (χ2v) is 6.87. The Morgan fingerprint density at radius 2 is 1.89 bits per heavy atom. The molecule has 4 aromatic rings. The molecule has 2 N–H and O–H groups in total. The van der Waals surface area contributed by atoms with Gasteiger partial charge in [-0.2, -0.15) is 0 Å². The van der Waals surface area contributed by atoms with Crippen molar-refractivity contribution < 1.29 is 13.9 Å². The van der Waals surface area contributed by atoms with Crippen LogP contribution >= 0.6 is 0 Å². The maximum absolute atomic E-state index is 6.10. The van der Waals surface area contributed by atoms with Crippen LogP contribution in [-0.2, 0) is 0 Å². The smallest absolute Gasteiger partial charge is 0.227 e. The molecule has 3 heterocycles. The molecule has 0 aliphatic carbocycles. The summed E-state index contributed by atoms with van der Waals surface area (Å²) >= 11 is 0. The highest BCUT2D eigenvalue weighted by molar-refractivity contribution is 5.78. The second kappa shape index (κ2) is 5.92. The van der Waals surface area contributed by atoms with Crippen LogP contribution in [0.2, 0.25) is 0 Å². The van der Waals surface area contributed by atoms with Crippen LogP contribution in [0.1, 0.15) is 11.8 Å². The minimum atomic E-state index is -0.260. The van der Waals surface area contributed by atoms with Gasteiger partial charge in [0.15, 0.2) is 11.8 Å².